The Bertz CT molecular complexity index is 534. The summed E-state index contributed by atoms with van der Waals surface area (Å²) in [6.45, 7) is 4.63. The Hall–Kier alpha value is -1.79. The highest BCUT2D eigenvalue weighted by atomic mass is 35.5. The van der Waals surface area contributed by atoms with Gasteiger partial charge in [-0.2, -0.15) is 0 Å². The molecule has 0 aliphatic rings. The van der Waals surface area contributed by atoms with Crippen molar-refractivity contribution in [2.75, 3.05) is 19.0 Å². The number of amides is 1. The van der Waals surface area contributed by atoms with Gasteiger partial charge in [0.2, 0.25) is 5.91 Å². The van der Waals surface area contributed by atoms with Crippen molar-refractivity contribution in [1.82, 2.24) is 5.32 Å². The lowest BCUT2D eigenvalue weighted by Crippen LogP contribution is -2.30. The highest BCUT2D eigenvalue weighted by molar-refractivity contribution is 6.34. The Morgan fingerprint density at radius 2 is 2.10 bits per heavy atom. The van der Waals surface area contributed by atoms with Crippen LogP contribution in [-0.4, -0.2) is 36.7 Å². The minimum atomic E-state index is -1.15. The molecule has 1 aromatic carbocycles. The monoisotopic (exact) mass is 314 g/mol. The van der Waals surface area contributed by atoms with Crippen LogP contribution in [0.2, 0.25) is 5.02 Å². The summed E-state index contributed by atoms with van der Waals surface area (Å²) in [4.78, 5) is 23.0. The van der Waals surface area contributed by atoms with Gasteiger partial charge < -0.3 is 20.5 Å². The third kappa shape index (κ3) is 4.91. The lowest BCUT2D eigenvalue weighted by atomic mass is 10.1. The van der Waals surface area contributed by atoms with Gasteiger partial charge in [0.25, 0.3) is 0 Å². The molecule has 0 bridgehead atoms. The highest BCUT2D eigenvalue weighted by Crippen LogP contribution is 2.31. The first kappa shape index (κ1) is 17.3. The number of aromatic carboxylic acids is 1. The minimum Gasteiger partial charge on any atom is -0.496 e. The van der Waals surface area contributed by atoms with Crippen LogP contribution in [-0.2, 0) is 4.79 Å². The Morgan fingerprint density at radius 3 is 2.62 bits per heavy atom. The number of rotatable bonds is 7. The second kappa shape index (κ2) is 7.85. The first-order chi connectivity index (χ1) is 9.88. The molecule has 21 heavy (non-hydrogen) atoms. The molecular formula is C14H19ClN2O4. The van der Waals surface area contributed by atoms with Crippen LogP contribution < -0.4 is 15.4 Å². The summed E-state index contributed by atoms with van der Waals surface area (Å²) in [7, 11) is 1.36. The van der Waals surface area contributed by atoms with E-state index in [1.807, 2.05) is 13.8 Å². The summed E-state index contributed by atoms with van der Waals surface area (Å²) in [5, 5.41) is 15.0. The van der Waals surface area contributed by atoms with Crippen LogP contribution in [0.25, 0.3) is 0 Å². The normalized spacial score (nSPS) is 11.8. The Labute approximate surface area is 128 Å². The molecule has 7 heteroatoms. The Balaban J connectivity index is 2.89. The second-order valence-electron chi connectivity index (χ2n) is 4.55. The molecule has 0 aliphatic carbocycles. The van der Waals surface area contributed by atoms with E-state index in [1.165, 1.54) is 19.2 Å². The van der Waals surface area contributed by atoms with Crippen LogP contribution >= 0.6 is 11.6 Å². The molecule has 0 saturated heterocycles. The van der Waals surface area contributed by atoms with Crippen LogP contribution in [0, 0.1) is 0 Å². The van der Waals surface area contributed by atoms with Crippen molar-refractivity contribution < 1.29 is 19.4 Å². The molecule has 0 aliphatic heterocycles. The smallest absolute Gasteiger partial charge is 0.339 e. The number of carbonyl (C=O) groups excluding carboxylic acids is 1. The number of carbonyl (C=O) groups is 2. The van der Waals surface area contributed by atoms with Crippen LogP contribution in [0.3, 0.4) is 0 Å². The quantitative estimate of drug-likeness (QED) is 0.719. The van der Waals surface area contributed by atoms with Gasteiger partial charge in [0.05, 0.1) is 17.8 Å². The molecule has 0 spiro atoms. The van der Waals surface area contributed by atoms with Crippen LogP contribution in [0.1, 0.15) is 30.6 Å². The fraction of sp³-hybridized carbons (Fsp3) is 0.429. The predicted octanol–water partition coefficient (Wildman–Crippen LogP) is 2.37. The van der Waals surface area contributed by atoms with Gasteiger partial charge >= 0.3 is 5.97 Å². The van der Waals surface area contributed by atoms with Gasteiger partial charge in [-0.15, -0.1) is 0 Å². The zero-order chi connectivity index (χ0) is 16.0. The zero-order valence-electron chi connectivity index (χ0n) is 12.2. The topological polar surface area (TPSA) is 87.7 Å². The summed E-state index contributed by atoms with van der Waals surface area (Å²) in [6, 6.07) is 2.70. The summed E-state index contributed by atoms with van der Waals surface area (Å²) >= 11 is 5.99. The minimum absolute atomic E-state index is 0.0361. The summed E-state index contributed by atoms with van der Waals surface area (Å²) in [5.74, 6) is -1.22. The maximum Gasteiger partial charge on any atom is 0.339 e. The number of methoxy groups -OCH3 is 1. The second-order valence-corrected chi connectivity index (χ2v) is 4.96. The average Bonchev–Trinajstić information content (AvgIpc) is 2.40. The summed E-state index contributed by atoms with van der Waals surface area (Å²) < 4.78 is 5.00. The fourth-order valence-corrected chi connectivity index (χ4v) is 2.10. The van der Waals surface area contributed by atoms with Crippen LogP contribution in [0.5, 0.6) is 5.75 Å². The van der Waals surface area contributed by atoms with E-state index in [0.717, 1.165) is 6.54 Å². The Kier molecular flexibility index (Phi) is 6.45. The summed E-state index contributed by atoms with van der Waals surface area (Å²) in [6.07, 6.45) is 0.285. The van der Waals surface area contributed by atoms with E-state index in [0.29, 0.717) is 5.69 Å². The molecule has 3 N–H and O–H groups in total. The van der Waals surface area contributed by atoms with E-state index in [-0.39, 0.29) is 34.7 Å². The van der Waals surface area contributed by atoms with E-state index in [4.69, 9.17) is 21.4 Å². The predicted molar refractivity (Wildman–Crippen MR) is 81.3 cm³/mol. The largest absolute Gasteiger partial charge is 0.496 e. The summed E-state index contributed by atoms with van der Waals surface area (Å²) in [5.41, 5.74) is 0.272. The van der Waals surface area contributed by atoms with Crippen molar-refractivity contribution >= 4 is 29.2 Å². The number of carboxylic acids is 1. The molecular weight excluding hydrogens is 296 g/mol. The molecule has 0 heterocycles. The van der Waals surface area contributed by atoms with E-state index in [1.54, 1.807) is 0 Å². The molecule has 1 aromatic rings. The molecule has 0 aromatic heterocycles. The third-order valence-electron chi connectivity index (χ3n) is 2.84. The van der Waals surface area contributed by atoms with E-state index in [9.17, 15) is 9.59 Å². The molecule has 1 rings (SSSR count). The van der Waals surface area contributed by atoms with Crippen LogP contribution in [0.4, 0.5) is 5.69 Å². The number of hydrogen-bond acceptors (Lipinski definition) is 4. The molecule has 0 fully saturated rings. The van der Waals surface area contributed by atoms with Crippen LogP contribution in [0.15, 0.2) is 12.1 Å². The molecule has 0 radical (unpaired) electrons. The van der Waals surface area contributed by atoms with Gasteiger partial charge in [-0.05, 0) is 19.5 Å². The molecule has 6 nitrogen and oxygen atoms in total. The number of nitrogens with one attached hydrogen (secondary N) is 2. The third-order valence-corrected chi connectivity index (χ3v) is 3.15. The van der Waals surface area contributed by atoms with Gasteiger partial charge in [-0.3, -0.25) is 4.79 Å². The fourth-order valence-electron chi connectivity index (χ4n) is 1.89. The van der Waals surface area contributed by atoms with Gasteiger partial charge in [0.15, 0.2) is 0 Å². The number of hydrogen-bond donors (Lipinski definition) is 3. The number of carboxylic acid groups (broad SMARTS) is 1. The SMILES string of the molecule is CCNC(C)CC(=O)Nc1cc(OC)c(C(=O)O)cc1Cl. The maximum atomic E-state index is 11.9. The first-order valence-electron chi connectivity index (χ1n) is 6.53. The van der Waals surface area contributed by atoms with Gasteiger partial charge in [-0.1, -0.05) is 18.5 Å². The van der Waals surface area contributed by atoms with Crippen molar-refractivity contribution in [3.63, 3.8) is 0 Å². The molecule has 1 amide bonds. The van der Waals surface area contributed by atoms with Crippen molar-refractivity contribution in [2.45, 2.75) is 26.3 Å². The van der Waals surface area contributed by atoms with E-state index in [2.05, 4.69) is 10.6 Å². The molecule has 1 atom stereocenters. The van der Waals surface area contributed by atoms with Gasteiger partial charge in [-0.25, -0.2) is 4.79 Å². The van der Waals surface area contributed by atoms with E-state index < -0.39 is 5.97 Å². The first-order valence-corrected chi connectivity index (χ1v) is 6.90. The molecule has 0 saturated carbocycles. The molecule has 1 unspecified atom stereocenters. The van der Waals surface area contributed by atoms with Crippen molar-refractivity contribution in [3.05, 3.63) is 22.7 Å². The standard InChI is InChI=1S/C14H19ClN2O4/c1-4-16-8(2)5-13(18)17-11-7-12(21-3)9(14(19)20)6-10(11)15/h6-8,16H,4-5H2,1-3H3,(H,17,18)(H,19,20). The van der Waals surface area contributed by atoms with Crippen molar-refractivity contribution in [3.8, 4) is 5.75 Å². The lowest BCUT2D eigenvalue weighted by Gasteiger charge is -2.14. The van der Waals surface area contributed by atoms with Gasteiger partial charge in [0.1, 0.15) is 11.3 Å². The average molecular weight is 315 g/mol. The molecule has 116 valence electrons. The number of halogens is 1. The number of anilines is 1. The van der Waals surface area contributed by atoms with Crippen molar-refractivity contribution in [2.24, 2.45) is 0 Å². The number of benzene rings is 1. The van der Waals surface area contributed by atoms with E-state index >= 15 is 0 Å². The zero-order valence-corrected chi connectivity index (χ0v) is 13.0. The van der Waals surface area contributed by atoms with Crippen molar-refractivity contribution in [1.29, 1.82) is 0 Å². The lowest BCUT2D eigenvalue weighted by molar-refractivity contribution is -0.116. The maximum absolute atomic E-state index is 11.9. The highest BCUT2D eigenvalue weighted by Gasteiger charge is 2.16. The number of ether oxygens (including phenoxy) is 1. The Morgan fingerprint density at radius 1 is 1.43 bits per heavy atom. The van der Waals surface area contributed by atoms with Gasteiger partial charge in [0, 0.05) is 18.5 Å².